The minimum atomic E-state index is 0.904. The Morgan fingerprint density at radius 1 is 1.57 bits per heavy atom. The number of hydrogen-bond donors (Lipinski definition) is 0. The van der Waals surface area contributed by atoms with E-state index in [0.29, 0.717) is 0 Å². The molecule has 0 atom stereocenters. The molecule has 0 saturated heterocycles. The second kappa shape index (κ2) is 6.31. The van der Waals surface area contributed by atoms with E-state index in [1.54, 1.807) is 7.11 Å². The predicted molar refractivity (Wildman–Crippen MR) is 34.9 cm³/mol. The summed E-state index contributed by atoms with van der Waals surface area (Å²) in [5.41, 5.74) is 0. The summed E-state index contributed by atoms with van der Waals surface area (Å²) in [5, 5.41) is 0. The van der Waals surface area contributed by atoms with Gasteiger partial charge in [-0.1, -0.05) is 0 Å². The Balaban J connectivity index is 2.45. The second-order valence-corrected chi connectivity index (χ2v) is 2.32. The molecule has 0 N–H and O–H groups in total. The minimum Gasteiger partial charge on any atom is -0.385 e. The molecule has 0 heterocycles. The van der Waals surface area contributed by atoms with Crippen molar-refractivity contribution in [3.8, 4) is 0 Å². The van der Waals surface area contributed by atoms with Gasteiger partial charge in [-0.15, -0.1) is 0 Å². The molecular formula is C5H12OS. The summed E-state index contributed by atoms with van der Waals surface area (Å²) in [6.45, 7) is 0.904. The van der Waals surface area contributed by atoms with Crippen molar-refractivity contribution in [2.45, 2.75) is 6.42 Å². The molecule has 0 aliphatic carbocycles. The zero-order valence-corrected chi connectivity index (χ0v) is 5.75. The highest BCUT2D eigenvalue weighted by Crippen LogP contribution is 1.93. The molecule has 0 unspecified atom stereocenters. The molecule has 0 aliphatic heterocycles. The first-order valence-corrected chi connectivity index (χ1v) is 3.79. The van der Waals surface area contributed by atoms with Crippen molar-refractivity contribution in [1.82, 2.24) is 0 Å². The monoisotopic (exact) mass is 120 g/mol. The third-order valence-electron chi connectivity index (χ3n) is 0.697. The molecule has 0 bridgehead atoms. The summed E-state index contributed by atoms with van der Waals surface area (Å²) < 4.78 is 4.83. The van der Waals surface area contributed by atoms with Gasteiger partial charge in [0.2, 0.25) is 0 Å². The molecule has 0 spiro atoms. The first-order valence-electron chi connectivity index (χ1n) is 2.39. The molecule has 0 saturated carbocycles. The fourth-order valence-electron chi connectivity index (χ4n) is 0.348. The van der Waals surface area contributed by atoms with Crippen molar-refractivity contribution >= 4 is 11.8 Å². The van der Waals surface area contributed by atoms with Crippen LogP contribution >= 0.6 is 11.8 Å². The van der Waals surface area contributed by atoms with Crippen LogP contribution in [0.15, 0.2) is 0 Å². The lowest BCUT2D eigenvalue weighted by molar-refractivity contribution is 0.200. The summed E-state index contributed by atoms with van der Waals surface area (Å²) in [4.78, 5) is 0. The van der Waals surface area contributed by atoms with Crippen LogP contribution in [0.1, 0.15) is 6.42 Å². The topological polar surface area (TPSA) is 9.23 Å². The molecule has 0 amide bonds. The Morgan fingerprint density at radius 2 is 2.29 bits per heavy atom. The van der Waals surface area contributed by atoms with Crippen LogP contribution in [-0.4, -0.2) is 25.7 Å². The van der Waals surface area contributed by atoms with Crippen molar-refractivity contribution in [2.75, 3.05) is 25.7 Å². The number of thioether (sulfide) groups is 1. The molecule has 0 aromatic heterocycles. The van der Waals surface area contributed by atoms with Gasteiger partial charge in [0.1, 0.15) is 0 Å². The summed E-state index contributed by atoms with van der Waals surface area (Å²) in [6.07, 6.45) is 3.29. The molecule has 0 aromatic rings. The zero-order chi connectivity index (χ0) is 5.54. The summed E-state index contributed by atoms with van der Waals surface area (Å²) >= 11 is 1.86. The lowest BCUT2D eigenvalue weighted by Crippen LogP contribution is -1.88. The van der Waals surface area contributed by atoms with Gasteiger partial charge in [0.25, 0.3) is 0 Å². The van der Waals surface area contributed by atoms with E-state index in [0.717, 1.165) is 6.61 Å². The standard InChI is InChI=1S/C5H12OS/c1-6-4-3-5-7-2/h3-5H2,1-2H3. The van der Waals surface area contributed by atoms with Crippen LogP contribution in [0.4, 0.5) is 0 Å². The van der Waals surface area contributed by atoms with Gasteiger partial charge in [0.05, 0.1) is 0 Å². The molecule has 7 heavy (non-hydrogen) atoms. The van der Waals surface area contributed by atoms with E-state index in [9.17, 15) is 0 Å². The normalized spacial score (nSPS) is 9.43. The average Bonchev–Trinajstić information content (AvgIpc) is 1.69. The van der Waals surface area contributed by atoms with Crippen molar-refractivity contribution in [3.05, 3.63) is 0 Å². The Bertz CT molecular complexity index is 27.3. The van der Waals surface area contributed by atoms with Gasteiger partial charge in [0.15, 0.2) is 0 Å². The summed E-state index contributed by atoms with van der Waals surface area (Å²) in [7, 11) is 1.74. The number of methoxy groups -OCH3 is 1. The summed E-state index contributed by atoms with van der Waals surface area (Å²) in [6, 6.07) is 0. The zero-order valence-electron chi connectivity index (χ0n) is 4.94. The predicted octanol–water partition coefficient (Wildman–Crippen LogP) is 1.39. The quantitative estimate of drug-likeness (QED) is 0.518. The molecule has 0 aromatic carbocycles. The highest BCUT2D eigenvalue weighted by molar-refractivity contribution is 7.98. The largest absolute Gasteiger partial charge is 0.385 e. The van der Waals surface area contributed by atoms with Gasteiger partial charge >= 0.3 is 0 Å². The number of hydrogen-bond acceptors (Lipinski definition) is 2. The smallest absolute Gasteiger partial charge is 0.0470 e. The molecule has 0 radical (unpaired) electrons. The van der Waals surface area contributed by atoms with Gasteiger partial charge in [-0.25, -0.2) is 0 Å². The fraction of sp³-hybridized carbons (Fsp3) is 1.00. The number of rotatable bonds is 4. The Labute approximate surface area is 49.4 Å². The van der Waals surface area contributed by atoms with Crippen molar-refractivity contribution < 1.29 is 4.74 Å². The fourth-order valence-corrected chi connectivity index (χ4v) is 0.754. The van der Waals surface area contributed by atoms with Crippen LogP contribution < -0.4 is 0 Å². The van der Waals surface area contributed by atoms with Crippen LogP contribution in [0.5, 0.6) is 0 Å². The van der Waals surface area contributed by atoms with E-state index in [2.05, 4.69) is 6.26 Å². The van der Waals surface area contributed by atoms with E-state index in [1.807, 2.05) is 11.8 Å². The van der Waals surface area contributed by atoms with E-state index in [4.69, 9.17) is 4.74 Å². The Morgan fingerprint density at radius 3 is 2.71 bits per heavy atom. The Kier molecular flexibility index (Phi) is 6.59. The molecule has 2 heteroatoms. The molecular weight excluding hydrogens is 108 g/mol. The van der Waals surface area contributed by atoms with E-state index in [1.165, 1.54) is 12.2 Å². The van der Waals surface area contributed by atoms with Crippen molar-refractivity contribution in [1.29, 1.82) is 0 Å². The maximum atomic E-state index is 4.83. The lowest BCUT2D eigenvalue weighted by Gasteiger charge is -1.92. The van der Waals surface area contributed by atoms with Crippen molar-refractivity contribution in [2.24, 2.45) is 0 Å². The van der Waals surface area contributed by atoms with Gasteiger partial charge < -0.3 is 4.74 Å². The first kappa shape index (κ1) is 7.31. The number of ether oxygens (including phenoxy) is 1. The minimum absolute atomic E-state index is 0.904. The van der Waals surface area contributed by atoms with Crippen molar-refractivity contribution in [3.63, 3.8) is 0 Å². The Hall–Kier alpha value is 0.310. The van der Waals surface area contributed by atoms with Crippen LogP contribution in [-0.2, 0) is 4.74 Å². The average molecular weight is 120 g/mol. The van der Waals surface area contributed by atoms with E-state index in [-0.39, 0.29) is 0 Å². The third kappa shape index (κ3) is 6.31. The molecule has 0 aliphatic rings. The van der Waals surface area contributed by atoms with E-state index >= 15 is 0 Å². The van der Waals surface area contributed by atoms with Crippen LogP contribution in [0, 0.1) is 0 Å². The summed E-state index contributed by atoms with van der Waals surface area (Å²) in [5.74, 6) is 1.22. The van der Waals surface area contributed by atoms with Crippen LogP contribution in [0.3, 0.4) is 0 Å². The van der Waals surface area contributed by atoms with Crippen LogP contribution in [0.25, 0.3) is 0 Å². The second-order valence-electron chi connectivity index (χ2n) is 1.34. The third-order valence-corrected chi connectivity index (χ3v) is 1.39. The molecule has 44 valence electrons. The van der Waals surface area contributed by atoms with Gasteiger partial charge in [-0.3, -0.25) is 0 Å². The van der Waals surface area contributed by atoms with Gasteiger partial charge in [0, 0.05) is 13.7 Å². The first-order chi connectivity index (χ1) is 3.41. The van der Waals surface area contributed by atoms with Gasteiger partial charge in [-0.2, -0.15) is 11.8 Å². The lowest BCUT2D eigenvalue weighted by atomic mass is 10.5. The highest BCUT2D eigenvalue weighted by atomic mass is 32.2. The maximum absolute atomic E-state index is 4.83. The van der Waals surface area contributed by atoms with E-state index < -0.39 is 0 Å². The van der Waals surface area contributed by atoms with Crippen LogP contribution in [0.2, 0.25) is 0 Å². The maximum Gasteiger partial charge on any atom is 0.0470 e. The molecule has 0 rings (SSSR count). The highest BCUT2D eigenvalue weighted by Gasteiger charge is 1.80. The van der Waals surface area contributed by atoms with Gasteiger partial charge in [-0.05, 0) is 18.4 Å². The molecule has 0 fully saturated rings. The molecule has 1 nitrogen and oxygen atoms in total. The SMILES string of the molecule is COCCCSC.